The Kier molecular flexibility index (Phi) is 4.33. The molecule has 0 bridgehead atoms. The van der Waals surface area contributed by atoms with Gasteiger partial charge in [-0.05, 0) is 24.5 Å². The molecular formula is C14H19NO3. The highest BCUT2D eigenvalue weighted by molar-refractivity contribution is 5.95. The monoisotopic (exact) mass is 249 g/mol. The van der Waals surface area contributed by atoms with Crippen LogP contribution in [-0.2, 0) is 11.3 Å². The van der Waals surface area contributed by atoms with Crippen molar-refractivity contribution in [3.63, 3.8) is 0 Å². The van der Waals surface area contributed by atoms with Crippen molar-refractivity contribution in [3.05, 3.63) is 35.4 Å². The summed E-state index contributed by atoms with van der Waals surface area (Å²) in [5.41, 5.74) is 1.57. The van der Waals surface area contributed by atoms with Crippen molar-refractivity contribution in [1.82, 2.24) is 4.90 Å². The van der Waals surface area contributed by atoms with Gasteiger partial charge in [-0.25, -0.2) is 0 Å². The molecule has 98 valence electrons. The average molecular weight is 249 g/mol. The minimum absolute atomic E-state index is 0.0126. The van der Waals surface area contributed by atoms with Crippen LogP contribution in [0.15, 0.2) is 24.3 Å². The fraction of sp³-hybridized carbons (Fsp3) is 0.500. The predicted molar refractivity (Wildman–Crippen MR) is 68.3 cm³/mol. The van der Waals surface area contributed by atoms with Gasteiger partial charge in [0.25, 0.3) is 5.91 Å². The summed E-state index contributed by atoms with van der Waals surface area (Å²) in [4.78, 5) is 14.1. The van der Waals surface area contributed by atoms with Crippen molar-refractivity contribution in [2.24, 2.45) is 0 Å². The number of aliphatic hydroxyl groups excluding tert-OH is 1. The first kappa shape index (κ1) is 13.1. The van der Waals surface area contributed by atoms with Crippen molar-refractivity contribution in [1.29, 1.82) is 0 Å². The number of rotatable bonds is 3. The minimum Gasteiger partial charge on any atom is -0.391 e. The van der Waals surface area contributed by atoms with Crippen LogP contribution in [0.5, 0.6) is 0 Å². The molecule has 4 nitrogen and oxygen atoms in total. The van der Waals surface area contributed by atoms with E-state index in [-0.39, 0.29) is 5.91 Å². The van der Waals surface area contributed by atoms with Crippen LogP contribution in [0.2, 0.25) is 0 Å². The summed E-state index contributed by atoms with van der Waals surface area (Å²) < 4.78 is 5.11. The van der Waals surface area contributed by atoms with Gasteiger partial charge in [0.2, 0.25) is 0 Å². The first-order chi connectivity index (χ1) is 8.72. The number of nitrogens with zero attached hydrogens (tertiary/aromatic N) is 1. The third-order valence-electron chi connectivity index (χ3n) is 3.23. The van der Waals surface area contributed by atoms with Gasteiger partial charge >= 0.3 is 0 Å². The summed E-state index contributed by atoms with van der Waals surface area (Å²) in [5.74, 6) is -0.0126. The quantitative estimate of drug-likeness (QED) is 0.881. The molecule has 1 amide bonds. The molecule has 0 radical (unpaired) electrons. The molecule has 0 spiro atoms. The smallest absolute Gasteiger partial charge is 0.254 e. The molecule has 1 aromatic carbocycles. The fourth-order valence-corrected chi connectivity index (χ4v) is 2.32. The molecule has 1 atom stereocenters. The second-order valence-electron chi connectivity index (χ2n) is 4.64. The van der Waals surface area contributed by atoms with Crippen LogP contribution in [-0.4, -0.2) is 42.2 Å². The Bertz CT molecular complexity index is 419. The van der Waals surface area contributed by atoms with E-state index in [1.165, 1.54) is 0 Å². The highest BCUT2D eigenvalue weighted by Crippen LogP contribution is 2.17. The second kappa shape index (κ2) is 5.98. The Morgan fingerprint density at radius 1 is 1.50 bits per heavy atom. The SMILES string of the molecule is COCc1ccccc1C(=O)N1CCC[C@H](O)C1. The number of aliphatic hydroxyl groups is 1. The number of amides is 1. The molecule has 2 rings (SSSR count). The third kappa shape index (κ3) is 2.89. The molecule has 1 aliphatic rings. The summed E-state index contributed by atoms with van der Waals surface area (Å²) >= 11 is 0. The summed E-state index contributed by atoms with van der Waals surface area (Å²) in [6, 6.07) is 7.47. The van der Waals surface area contributed by atoms with E-state index >= 15 is 0 Å². The van der Waals surface area contributed by atoms with Crippen molar-refractivity contribution in [2.45, 2.75) is 25.6 Å². The largest absolute Gasteiger partial charge is 0.391 e. The molecule has 1 aliphatic heterocycles. The van der Waals surface area contributed by atoms with E-state index in [0.717, 1.165) is 24.9 Å². The highest BCUT2D eigenvalue weighted by Gasteiger charge is 2.24. The standard InChI is InChI=1S/C14H19NO3/c1-18-10-11-5-2-3-7-13(11)14(17)15-8-4-6-12(16)9-15/h2-3,5,7,12,16H,4,6,8-10H2,1H3/t12-/m0/s1. The zero-order valence-corrected chi connectivity index (χ0v) is 10.6. The number of ether oxygens (including phenoxy) is 1. The summed E-state index contributed by atoms with van der Waals surface area (Å²) in [6.45, 7) is 1.58. The lowest BCUT2D eigenvalue weighted by Gasteiger charge is -2.30. The number of hydrogen-bond donors (Lipinski definition) is 1. The molecule has 0 aliphatic carbocycles. The number of carbonyl (C=O) groups is 1. The number of piperidine rings is 1. The van der Waals surface area contributed by atoms with Crippen molar-refractivity contribution < 1.29 is 14.6 Å². The molecular weight excluding hydrogens is 230 g/mol. The summed E-state index contributed by atoms with van der Waals surface area (Å²) in [6.07, 6.45) is 1.25. The first-order valence-corrected chi connectivity index (χ1v) is 6.26. The van der Waals surface area contributed by atoms with Gasteiger partial charge in [-0.2, -0.15) is 0 Å². The van der Waals surface area contributed by atoms with Gasteiger partial charge in [0.05, 0.1) is 12.7 Å². The van der Waals surface area contributed by atoms with Gasteiger partial charge < -0.3 is 14.7 Å². The number of methoxy groups -OCH3 is 1. The lowest BCUT2D eigenvalue weighted by atomic mass is 10.0. The van der Waals surface area contributed by atoms with E-state index < -0.39 is 6.10 Å². The lowest BCUT2D eigenvalue weighted by Crippen LogP contribution is -2.42. The first-order valence-electron chi connectivity index (χ1n) is 6.26. The number of hydrogen-bond acceptors (Lipinski definition) is 3. The van der Waals surface area contributed by atoms with Crippen LogP contribution >= 0.6 is 0 Å². The molecule has 1 aromatic rings. The van der Waals surface area contributed by atoms with Gasteiger partial charge in [0, 0.05) is 25.8 Å². The van der Waals surface area contributed by atoms with E-state index in [1.54, 1.807) is 12.0 Å². The van der Waals surface area contributed by atoms with E-state index in [2.05, 4.69) is 0 Å². The second-order valence-corrected chi connectivity index (χ2v) is 4.64. The van der Waals surface area contributed by atoms with Crippen LogP contribution < -0.4 is 0 Å². The normalized spacial score (nSPS) is 19.9. The number of β-amino-alcohol motifs (C(OH)–C–C–N with tert-alkyl or cyclic N) is 1. The maximum absolute atomic E-state index is 12.4. The van der Waals surface area contributed by atoms with Crippen LogP contribution in [0.1, 0.15) is 28.8 Å². The summed E-state index contributed by atoms with van der Waals surface area (Å²) in [7, 11) is 1.62. The van der Waals surface area contributed by atoms with Crippen molar-refractivity contribution in [3.8, 4) is 0 Å². The molecule has 0 aromatic heterocycles. The van der Waals surface area contributed by atoms with E-state index in [4.69, 9.17) is 4.74 Å². The van der Waals surface area contributed by atoms with Crippen LogP contribution in [0.25, 0.3) is 0 Å². The van der Waals surface area contributed by atoms with Gasteiger partial charge in [0.1, 0.15) is 0 Å². The highest BCUT2D eigenvalue weighted by atomic mass is 16.5. The molecule has 1 saturated heterocycles. The van der Waals surface area contributed by atoms with Crippen molar-refractivity contribution >= 4 is 5.91 Å². The minimum atomic E-state index is -0.391. The van der Waals surface area contributed by atoms with Gasteiger partial charge in [0.15, 0.2) is 0 Å². The summed E-state index contributed by atoms with van der Waals surface area (Å²) in [5, 5.41) is 9.63. The number of likely N-dealkylation sites (tertiary alicyclic amines) is 1. The number of carbonyl (C=O) groups excluding carboxylic acids is 1. The van der Waals surface area contributed by atoms with Crippen LogP contribution in [0, 0.1) is 0 Å². The Morgan fingerprint density at radius 3 is 3.00 bits per heavy atom. The zero-order valence-electron chi connectivity index (χ0n) is 10.6. The van der Waals surface area contributed by atoms with E-state index in [1.807, 2.05) is 24.3 Å². The van der Waals surface area contributed by atoms with Gasteiger partial charge in [-0.15, -0.1) is 0 Å². The molecule has 0 saturated carbocycles. The predicted octanol–water partition coefficient (Wildman–Crippen LogP) is 1.43. The third-order valence-corrected chi connectivity index (χ3v) is 3.23. The molecule has 0 unspecified atom stereocenters. The topological polar surface area (TPSA) is 49.8 Å². The molecule has 18 heavy (non-hydrogen) atoms. The molecule has 1 fully saturated rings. The molecule has 4 heteroatoms. The van der Waals surface area contributed by atoms with E-state index in [9.17, 15) is 9.90 Å². The number of benzene rings is 1. The Labute approximate surface area is 107 Å². The van der Waals surface area contributed by atoms with Crippen LogP contribution in [0.3, 0.4) is 0 Å². The van der Waals surface area contributed by atoms with Gasteiger partial charge in [-0.1, -0.05) is 18.2 Å². The van der Waals surface area contributed by atoms with Gasteiger partial charge in [-0.3, -0.25) is 4.79 Å². The Morgan fingerprint density at radius 2 is 2.28 bits per heavy atom. The van der Waals surface area contributed by atoms with E-state index in [0.29, 0.717) is 18.7 Å². The van der Waals surface area contributed by atoms with Crippen molar-refractivity contribution in [2.75, 3.05) is 20.2 Å². The molecule has 1 N–H and O–H groups in total. The molecule has 1 heterocycles. The zero-order chi connectivity index (χ0) is 13.0. The Balaban J connectivity index is 2.17. The maximum atomic E-state index is 12.4. The fourth-order valence-electron chi connectivity index (χ4n) is 2.32. The Hall–Kier alpha value is -1.39. The maximum Gasteiger partial charge on any atom is 0.254 e. The average Bonchev–Trinajstić information content (AvgIpc) is 2.39. The van der Waals surface area contributed by atoms with Crippen LogP contribution in [0.4, 0.5) is 0 Å². The lowest BCUT2D eigenvalue weighted by molar-refractivity contribution is 0.0470.